The molecule has 0 spiro atoms. The lowest BCUT2D eigenvalue weighted by molar-refractivity contribution is -0.143. The van der Waals surface area contributed by atoms with Crippen LogP contribution in [0.2, 0.25) is 0 Å². The van der Waals surface area contributed by atoms with Gasteiger partial charge in [-0.1, -0.05) is 6.07 Å². The van der Waals surface area contributed by atoms with Crippen LogP contribution >= 0.6 is 0 Å². The SMILES string of the molecule is CC(=O)O.CC(=O)O.CC1(C)CNCCN1.Cc1cc(F)ccc1-c1cc(N2CCNC(C)(C)C2)ncc1N(C)C(=O)C(C)(C)c1cc(C(F)(F)F)cc(C(F)(F)F)c1. The van der Waals surface area contributed by atoms with E-state index in [-0.39, 0.29) is 17.3 Å². The number of halogens is 7. The van der Waals surface area contributed by atoms with E-state index in [1.54, 1.807) is 19.1 Å². The maximum atomic E-state index is 14.0. The summed E-state index contributed by atoms with van der Waals surface area (Å²) < 4.78 is 95.6. The Morgan fingerprint density at radius 2 is 1.29 bits per heavy atom. The number of carbonyl (C=O) groups is 3. The number of carboxylic acid groups (broad SMARTS) is 2. The average Bonchev–Trinajstić information content (AvgIpc) is 3.09. The molecule has 3 heterocycles. The molecule has 0 radical (unpaired) electrons. The van der Waals surface area contributed by atoms with Crippen molar-refractivity contribution >= 4 is 29.4 Å². The Balaban J connectivity index is 0.000000628. The van der Waals surface area contributed by atoms with E-state index in [1.165, 1.54) is 44.1 Å². The van der Waals surface area contributed by atoms with Crippen LogP contribution in [0.25, 0.3) is 11.1 Å². The molecule has 0 aliphatic carbocycles. The van der Waals surface area contributed by atoms with Gasteiger partial charge in [0.2, 0.25) is 5.91 Å². The number of aromatic nitrogens is 1. The number of carbonyl (C=O) groups excluding carboxylic acids is 1. The lowest BCUT2D eigenvalue weighted by Crippen LogP contribution is -2.57. The summed E-state index contributed by atoms with van der Waals surface area (Å²) in [5, 5.41) is 25.0. The number of hydrogen-bond donors (Lipinski definition) is 5. The minimum absolute atomic E-state index is 0.0310. The zero-order valence-electron chi connectivity index (χ0n) is 35.0. The van der Waals surface area contributed by atoms with Crippen molar-refractivity contribution in [1.82, 2.24) is 20.9 Å². The summed E-state index contributed by atoms with van der Waals surface area (Å²) in [6.07, 6.45) is -8.68. The van der Waals surface area contributed by atoms with E-state index >= 15 is 0 Å². The fourth-order valence-corrected chi connectivity index (χ4v) is 6.28. The third-order valence-corrected chi connectivity index (χ3v) is 9.22. The normalized spacial score (nSPS) is 16.2. The molecule has 59 heavy (non-hydrogen) atoms. The minimum Gasteiger partial charge on any atom is -0.481 e. The van der Waals surface area contributed by atoms with Gasteiger partial charge in [0.15, 0.2) is 0 Å². The molecule has 1 aromatic heterocycles. The lowest BCUT2D eigenvalue weighted by atomic mass is 9.81. The zero-order chi connectivity index (χ0) is 45.3. The van der Waals surface area contributed by atoms with E-state index in [4.69, 9.17) is 19.8 Å². The highest BCUT2D eigenvalue weighted by Crippen LogP contribution is 2.41. The highest BCUT2D eigenvalue weighted by molar-refractivity contribution is 6.03. The molecule has 3 aromatic rings. The highest BCUT2D eigenvalue weighted by Gasteiger charge is 2.41. The first kappa shape index (κ1) is 50.3. The summed E-state index contributed by atoms with van der Waals surface area (Å²) in [4.78, 5) is 39.8. The van der Waals surface area contributed by atoms with Crippen LogP contribution in [0.1, 0.15) is 77.6 Å². The third-order valence-electron chi connectivity index (χ3n) is 9.22. The molecular weight excluding hydrogens is 789 g/mol. The van der Waals surface area contributed by atoms with Crippen LogP contribution < -0.4 is 25.8 Å². The number of piperazine rings is 2. The Labute approximate surface area is 340 Å². The van der Waals surface area contributed by atoms with Gasteiger partial charge in [0.25, 0.3) is 11.9 Å². The monoisotopic (exact) mass is 844 g/mol. The Bertz CT molecular complexity index is 1870. The van der Waals surface area contributed by atoms with Gasteiger partial charge < -0.3 is 36.0 Å². The van der Waals surface area contributed by atoms with Crippen molar-refractivity contribution in [3.05, 3.63) is 76.7 Å². The standard InChI is InChI=1S/C31H33F7N4O.C6H14N2.2C2H4O2/c1-18-11-22(32)7-8-23(18)24-15-26(42-10-9-40-28(2,3)17-42)39-16-25(24)41(6)27(43)29(4,5)19-12-20(30(33,34)35)14-21(13-19)31(36,37)38;1-6(2)5-7-3-4-8-6;2*1-2(3)4/h7-8,11-16,40H,9-10,17H2,1-6H3;7-8H,3-5H2,1-2H3;2*1H3,(H,3,4). The molecule has 5 rings (SSSR count). The molecular formula is C41H55F7N6O5. The number of aryl methyl sites for hydroxylation is 1. The smallest absolute Gasteiger partial charge is 0.416 e. The molecule has 0 bridgehead atoms. The second kappa shape index (κ2) is 20.0. The van der Waals surface area contributed by atoms with E-state index in [2.05, 4.69) is 39.7 Å². The highest BCUT2D eigenvalue weighted by atomic mass is 19.4. The Kier molecular flexibility index (Phi) is 17.0. The first-order valence-corrected chi connectivity index (χ1v) is 18.6. The molecule has 2 aliphatic heterocycles. The molecule has 5 N–H and O–H groups in total. The molecule has 2 aliphatic rings. The van der Waals surface area contributed by atoms with Crippen LogP contribution in [-0.2, 0) is 32.2 Å². The van der Waals surface area contributed by atoms with Crippen molar-refractivity contribution < 1.29 is 55.3 Å². The number of pyridine rings is 1. The summed E-state index contributed by atoms with van der Waals surface area (Å²) >= 11 is 0. The Morgan fingerprint density at radius 1 is 0.780 bits per heavy atom. The topological polar surface area (TPSA) is 147 Å². The van der Waals surface area contributed by atoms with E-state index in [0.29, 0.717) is 59.8 Å². The molecule has 0 atom stereocenters. The zero-order valence-corrected chi connectivity index (χ0v) is 35.0. The molecule has 328 valence electrons. The number of likely N-dealkylation sites (N-methyl/N-ethyl adjacent to an activating group) is 1. The van der Waals surface area contributed by atoms with Gasteiger partial charge in [-0.3, -0.25) is 14.4 Å². The van der Waals surface area contributed by atoms with Gasteiger partial charge in [-0.05, 0) is 102 Å². The van der Waals surface area contributed by atoms with Crippen molar-refractivity contribution in [2.75, 3.05) is 56.1 Å². The predicted molar refractivity (Wildman–Crippen MR) is 213 cm³/mol. The van der Waals surface area contributed by atoms with Crippen molar-refractivity contribution in [1.29, 1.82) is 0 Å². The molecule has 11 nitrogen and oxygen atoms in total. The molecule has 18 heteroatoms. The van der Waals surface area contributed by atoms with Crippen LogP contribution in [0.3, 0.4) is 0 Å². The molecule has 0 unspecified atom stereocenters. The fraction of sp³-hybridized carbons (Fsp3) is 0.512. The van der Waals surface area contributed by atoms with Crippen molar-refractivity contribution in [2.45, 2.75) is 91.2 Å². The van der Waals surface area contributed by atoms with Crippen LogP contribution in [-0.4, -0.2) is 90.4 Å². The number of carboxylic acids is 2. The second-order valence-corrected chi connectivity index (χ2v) is 16.1. The minimum atomic E-state index is -5.06. The maximum Gasteiger partial charge on any atom is 0.416 e. The average molecular weight is 845 g/mol. The van der Waals surface area contributed by atoms with Gasteiger partial charge in [0, 0.05) is 76.8 Å². The Morgan fingerprint density at radius 3 is 1.71 bits per heavy atom. The second-order valence-electron chi connectivity index (χ2n) is 16.1. The van der Waals surface area contributed by atoms with Gasteiger partial charge in [-0.2, -0.15) is 26.3 Å². The number of nitrogens with one attached hydrogen (secondary N) is 3. The Hall–Kier alpha value is -4.81. The van der Waals surface area contributed by atoms with Gasteiger partial charge in [-0.25, -0.2) is 9.37 Å². The number of nitrogens with zero attached hydrogens (tertiary/aromatic N) is 3. The number of rotatable bonds is 5. The molecule has 2 aromatic carbocycles. The molecule has 1 amide bonds. The molecule has 2 saturated heterocycles. The van der Waals surface area contributed by atoms with Gasteiger partial charge in [-0.15, -0.1) is 0 Å². The first-order chi connectivity index (χ1) is 26.9. The largest absolute Gasteiger partial charge is 0.481 e. The number of benzene rings is 2. The van der Waals surface area contributed by atoms with E-state index in [0.717, 1.165) is 33.5 Å². The summed E-state index contributed by atoms with van der Waals surface area (Å²) in [5.41, 5.74) is -3.25. The summed E-state index contributed by atoms with van der Waals surface area (Å²) in [5.74, 6) is -2.29. The maximum absolute atomic E-state index is 14.0. The van der Waals surface area contributed by atoms with Crippen LogP contribution in [0.4, 0.5) is 42.2 Å². The number of aliphatic carboxylic acids is 2. The van der Waals surface area contributed by atoms with Gasteiger partial charge >= 0.3 is 12.4 Å². The van der Waals surface area contributed by atoms with Crippen LogP contribution in [0.5, 0.6) is 0 Å². The fourth-order valence-electron chi connectivity index (χ4n) is 6.28. The quantitative estimate of drug-likeness (QED) is 0.164. The predicted octanol–water partition coefficient (Wildman–Crippen LogP) is 7.50. The summed E-state index contributed by atoms with van der Waals surface area (Å²) in [6, 6.07) is 7.09. The van der Waals surface area contributed by atoms with Crippen LogP contribution in [0, 0.1) is 12.7 Å². The number of alkyl halides is 6. The number of amides is 1. The van der Waals surface area contributed by atoms with E-state index < -0.39 is 58.1 Å². The van der Waals surface area contributed by atoms with Crippen molar-refractivity contribution in [3.63, 3.8) is 0 Å². The summed E-state index contributed by atoms with van der Waals surface area (Å²) in [7, 11) is 1.38. The molecule has 2 fully saturated rings. The van der Waals surface area contributed by atoms with Gasteiger partial charge in [0.05, 0.1) is 28.4 Å². The first-order valence-electron chi connectivity index (χ1n) is 18.6. The summed E-state index contributed by atoms with van der Waals surface area (Å²) in [6.45, 7) is 20.2. The van der Waals surface area contributed by atoms with Gasteiger partial charge in [0.1, 0.15) is 11.6 Å². The van der Waals surface area contributed by atoms with Crippen molar-refractivity contribution in [3.8, 4) is 11.1 Å². The number of anilines is 2. The van der Waals surface area contributed by atoms with Crippen molar-refractivity contribution in [2.24, 2.45) is 0 Å². The molecule has 0 saturated carbocycles. The van der Waals surface area contributed by atoms with E-state index in [9.17, 15) is 35.5 Å². The number of hydrogen-bond acceptors (Lipinski definition) is 8. The lowest BCUT2D eigenvalue weighted by Gasteiger charge is -2.40. The van der Waals surface area contributed by atoms with E-state index in [1.807, 2.05) is 13.8 Å². The van der Waals surface area contributed by atoms with Crippen LogP contribution in [0.15, 0.2) is 48.7 Å². The third kappa shape index (κ3) is 15.4.